The van der Waals surface area contributed by atoms with Crippen molar-refractivity contribution in [1.29, 1.82) is 0 Å². The fraction of sp³-hybridized carbons (Fsp3) is 0.917. The second-order valence-corrected chi connectivity index (χ2v) is 4.98. The molecule has 0 aromatic carbocycles. The second-order valence-electron chi connectivity index (χ2n) is 4.98. The summed E-state index contributed by atoms with van der Waals surface area (Å²) in [6.45, 7) is 5.86. The Balaban J connectivity index is 2.71. The number of nitrogens with two attached hydrogens (primary N) is 2. The van der Waals surface area contributed by atoms with Crippen molar-refractivity contribution in [3.05, 3.63) is 0 Å². The Labute approximate surface area is 104 Å². The first-order valence-corrected chi connectivity index (χ1v) is 6.51. The Hall–Kier alpha value is -0.650. The monoisotopic (exact) mass is 242 g/mol. The summed E-state index contributed by atoms with van der Waals surface area (Å²) in [6.07, 6.45) is 2.58. The zero-order chi connectivity index (χ0) is 12.8. The van der Waals surface area contributed by atoms with Gasteiger partial charge in [-0.2, -0.15) is 0 Å². The maximum absolute atomic E-state index is 11.1. The van der Waals surface area contributed by atoms with Crippen LogP contribution in [-0.4, -0.2) is 61.0 Å². The van der Waals surface area contributed by atoms with Crippen LogP contribution in [0.1, 0.15) is 26.2 Å². The standard InChI is InChI=1S/C12H26N4O/c1-3-10-9-15(2)5-4-6-16(10)11(8-13)7-12(14)17/h10-11H,3-9,13H2,1-2H3,(H2,14,17). The first-order valence-electron chi connectivity index (χ1n) is 6.51. The highest BCUT2D eigenvalue weighted by molar-refractivity contribution is 5.74. The fourth-order valence-corrected chi connectivity index (χ4v) is 2.67. The van der Waals surface area contributed by atoms with Crippen LogP contribution in [0.15, 0.2) is 0 Å². The number of rotatable bonds is 5. The first-order chi connectivity index (χ1) is 8.08. The molecule has 1 aliphatic rings. The van der Waals surface area contributed by atoms with Crippen LogP contribution < -0.4 is 11.5 Å². The van der Waals surface area contributed by atoms with E-state index in [1.165, 1.54) is 0 Å². The Kier molecular flexibility index (Phi) is 5.88. The van der Waals surface area contributed by atoms with Gasteiger partial charge in [0.15, 0.2) is 0 Å². The molecule has 4 N–H and O–H groups in total. The van der Waals surface area contributed by atoms with Crippen LogP contribution in [0, 0.1) is 0 Å². The molecule has 0 aliphatic carbocycles. The van der Waals surface area contributed by atoms with E-state index in [0.29, 0.717) is 19.0 Å². The quantitative estimate of drug-likeness (QED) is 0.688. The van der Waals surface area contributed by atoms with E-state index < -0.39 is 0 Å². The Morgan fingerprint density at radius 2 is 2.18 bits per heavy atom. The van der Waals surface area contributed by atoms with Gasteiger partial charge < -0.3 is 16.4 Å². The first kappa shape index (κ1) is 14.4. The molecule has 1 aliphatic heterocycles. The lowest BCUT2D eigenvalue weighted by molar-refractivity contribution is -0.119. The van der Waals surface area contributed by atoms with Gasteiger partial charge in [-0.15, -0.1) is 0 Å². The minimum atomic E-state index is -0.257. The summed E-state index contributed by atoms with van der Waals surface area (Å²) >= 11 is 0. The van der Waals surface area contributed by atoms with Gasteiger partial charge in [0.1, 0.15) is 0 Å². The maximum atomic E-state index is 11.1. The molecule has 1 heterocycles. The molecule has 0 aromatic rings. The van der Waals surface area contributed by atoms with Gasteiger partial charge in [0.25, 0.3) is 0 Å². The molecular weight excluding hydrogens is 216 g/mol. The predicted molar refractivity (Wildman–Crippen MR) is 69.6 cm³/mol. The molecule has 5 nitrogen and oxygen atoms in total. The summed E-state index contributed by atoms with van der Waals surface area (Å²) in [6, 6.07) is 0.583. The largest absolute Gasteiger partial charge is 0.370 e. The van der Waals surface area contributed by atoms with Crippen LogP contribution in [0.2, 0.25) is 0 Å². The van der Waals surface area contributed by atoms with Gasteiger partial charge in [0.05, 0.1) is 0 Å². The van der Waals surface area contributed by atoms with E-state index in [1.54, 1.807) is 0 Å². The molecule has 0 radical (unpaired) electrons. The number of nitrogens with zero attached hydrogens (tertiary/aromatic N) is 2. The van der Waals surface area contributed by atoms with Crippen molar-refractivity contribution in [2.75, 3.05) is 33.2 Å². The van der Waals surface area contributed by atoms with Crippen LogP contribution in [0.4, 0.5) is 0 Å². The highest BCUT2D eigenvalue weighted by Crippen LogP contribution is 2.16. The van der Waals surface area contributed by atoms with Crippen LogP contribution in [0.5, 0.6) is 0 Å². The zero-order valence-electron chi connectivity index (χ0n) is 11.1. The number of carbonyl (C=O) groups excluding carboxylic acids is 1. The predicted octanol–water partition coefficient (Wildman–Crippen LogP) is -0.395. The summed E-state index contributed by atoms with van der Waals surface area (Å²) < 4.78 is 0. The smallest absolute Gasteiger partial charge is 0.219 e. The summed E-state index contributed by atoms with van der Waals surface area (Å²) in [5, 5.41) is 0. The number of amides is 1. The van der Waals surface area contributed by atoms with E-state index in [9.17, 15) is 4.79 Å². The van der Waals surface area contributed by atoms with E-state index in [-0.39, 0.29) is 11.9 Å². The van der Waals surface area contributed by atoms with Crippen molar-refractivity contribution in [2.45, 2.75) is 38.3 Å². The van der Waals surface area contributed by atoms with Gasteiger partial charge in [-0.3, -0.25) is 9.69 Å². The number of likely N-dealkylation sites (N-methyl/N-ethyl adjacent to an activating group) is 1. The molecule has 0 aromatic heterocycles. The van der Waals surface area contributed by atoms with Gasteiger partial charge in [-0.05, 0) is 26.4 Å². The van der Waals surface area contributed by atoms with Crippen LogP contribution in [-0.2, 0) is 4.79 Å². The van der Waals surface area contributed by atoms with Gasteiger partial charge in [-0.1, -0.05) is 6.92 Å². The zero-order valence-corrected chi connectivity index (χ0v) is 11.1. The molecule has 0 spiro atoms. The maximum Gasteiger partial charge on any atom is 0.219 e. The highest BCUT2D eigenvalue weighted by atomic mass is 16.1. The molecule has 1 amide bonds. The average Bonchev–Trinajstić information content (AvgIpc) is 2.47. The Morgan fingerprint density at radius 1 is 1.47 bits per heavy atom. The van der Waals surface area contributed by atoms with Crippen molar-refractivity contribution in [3.8, 4) is 0 Å². The normalized spacial score (nSPS) is 25.5. The molecule has 2 atom stereocenters. The lowest BCUT2D eigenvalue weighted by atomic mass is 10.1. The number of hydrogen-bond donors (Lipinski definition) is 2. The number of carbonyl (C=O) groups is 1. The average molecular weight is 242 g/mol. The van der Waals surface area contributed by atoms with E-state index in [1.807, 2.05) is 0 Å². The van der Waals surface area contributed by atoms with Gasteiger partial charge in [-0.25, -0.2) is 0 Å². The molecule has 0 bridgehead atoms. The molecule has 100 valence electrons. The van der Waals surface area contributed by atoms with Crippen molar-refractivity contribution in [1.82, 2.24) is 9.80 Å². The fourth-order valence-electron chi connectivity index (χ4n) is 2.67. The molecule has 1 fully saturated rings. The van der Waals surface area contributed by atoms with E-state index >= 15 is 0 Å². The lowest BCUT2D eigenvalue weighted by Gasteiger charge is -2.36. The van der Waals surface area contributed by atoms with Crippen LogP contribution in [0.3, 0.4) is 0 Å². The summed E-state index contributed by atoms with van der Waals surface area (Å²) in [5.41, 5.74) is 11.1. The minimum Gasteiger partial charge on any atom is -0.370 e. The van der Waals surface area contributed by atoms with Gasteiger partial charge >= 0.3 is 0 Å². The van der Waals surface area contributed by atoms with Crippen LogP contribution in [0.25, 0.3) is 0 Å². The second kappa shape index (κ2) is 6.93. The van der Waals surface area contributed by atoms with E-state index in [0.717, 1.165) is 32.5 Å². The summed E-state index contributed by atoms with van der Waals surface area (Å²) in [7, 11) is 2.15. The van der Waals surface area contributed by atoms with Gasteiger partial charge in [0.2, 0.25) is 5.91 Å². The van der Waals surface area contributed by atoms with Crippen molar-refractivity contribution >= 4 is 5.91 Å². The molecule has 5 heteroatoms. The van der Waals surface area contributed by atoms with Crippen molar-refractivity contribution in [3.63, 3.8) is 0 Å². The third-order valence-corrected chi connectivity index (χ3v) is 3.60. The summed E-state index contributed by atoms with van der Waals surface area (Å²) in [4.78, 5) is 15.8. The molecular formula is C12H26N4O. The Morgan fingerprint density at radius 3 is 2.71 bits per heavy atom. The van der Waals surface area contributed by atoms with Gasteiger partial charge in [0, 0.05) is 38.1 Å². The third-order valence-electron chi connectivity index (χ3n) is 3.60. The van der Waals surface area contributed by atoms with Crippen LogP contribution >= 0.6 is 0 Å². The highest BCUT2D eigenvalue weighted by Gasteiger charge is 2.28. The molecule has 2 unspecified atom stereocenters. The molecule has 1 saturated heterocycles. The molecule has 0 saturated carbocycles. The summed E-state index contributed by atoms with van der Waals surface area (Å²) in [5.74, 6) is -0.257. The van der Waals surface area contributed by atoms with E-state index in [4.69, 9.17) is 11.5 Å². The third kappa shape index (κ3) is 4.26. The molecule has 1 rings (SSSR count). The Bertz CT molecular complexity index is 247. The van der Waals surface area contributed by atoms with Crippen molar-refractivity contribution < 1.29 is 4.79 Å². The minimum absolute atomic E-state index is 0.101. The number of primary amides is 1. The SMILES string of the molecule is CCC1CN(C)CCCN1C(CN)CC(N)=O. The van der Waals surface area contributed by atoms with E-state index in [2.05, 4.69) is 23.8 Å². The lowest BCUT2D eigenvalue weighted by Crippen LogP contribution is -2.50. The number of hydrogen-bond acceptors (Lipinski definition) is 4. The topological polar surface area (TPSA) is 75.6 Å². The van der Waals surface area contributed by atoms with Crippen molar-refractivity contribution in [2.24, 2.45) is 11.5 Å². The molecule has 17 heavy (non-hydrogen) atoms.